The van der Waals surface area contributed by atoms with E-state index in [2.05, 4.69) is 114 Å². The zero-order valence-corrected chi connectivity index (χ0v) is 29.0. The van der Waals surface area contributed by atoms with E-state index in [9.17, 15) is 0 Å². The molecular weight excluding hydrogens is 776 g/mol. The zero-order chi connectivity index (χ0) is 27.9. The topological polar surface area (TPSA) is 35.4 Å². The first-order chi connectivity index (χ1) is 19.1. The van der Waals surface area contributed by atoms with Gasteiger partial charge in [-0.2, -0.15) is 0 Å². The fourth-order valence-corrected chi connectivity index (χ4v) is 4.24. The van der Waals surface area contributed by atoms with Crippen LogP contribution in [0.4, 0.5) is 0 Å². The van der Waals surface area contributed by atoms with Crippen molar-refractivity contribution in [3.8, 4) is 0 Å². The molecule has 0 aliphatic heterocycles. The number of nitrogens with zero attached hydrogens (tertiary/aromatic N) is 6. The Hall–Kier alpha value is -2.79. The SMILES string of the molecule is BrCc1ccc(CBr)cc1.C=Cn1cc[n+](Cc2ccc(C[n+]3ccn(C=C)c3)cc2)c1.C=Cn1ccnc1.[Br-].[Br-]. The summed E-state index contributed by atoms with van der Waals surface area (Å²) in [6, 6.07) is 17.2. The largest absolute Gasteiger partial charge is 1.00 e. The van der Waals surface area contributed by atoms with E-state index in [-0.39, 0.29) is 34.0 Å². The van der Waals surface area contributed by atoms with Gasteiger partial charge in [-0.15, -0.1) is 0 Å². The fraction of sp³-hybridized carbons (Fsp3) is 0.129. The van der Waals surface area contributed by atoms with Gasteiger partial charge in [-0.3, -0.25) is 0 Å². The fourth-order valence-electron chi connectivity index (χ4n) is 3.49. The third-order valence-corrected chi connectivity index (χ3v) is 6.96. The minimum Gasteiger partial charge on any atom is -1.00 e. The molecule has 0 atom stereocenters. The normalized spacial score (nSPS) is 9.51. The molecule has 0 unspecified atom stereocenters. The average molecular weight is 810 g/mol. The summed E-state index contributed by atoms with van der Waals surface area (Å²) in [6.45, 7) is 12.8. The van der Waals surface area contributed by atoms with Crippen LogP contribution in [0.15, 0.2) is 124 Å². The van der Waals surface area contributed by atoms with Gasteiger partial charge < -0.3 is 38.5 Å². The second-order valence-electron chi connectivity index (χ2n) is 8.52. The van der Waals surface area contributed by atoms with Gasteiger partial charge in [0.2, 0.25) is 12.7 Å². The van der Waals surface area contributed by atoms with Gasteiger partial charge in [-0.25, -0.2) is 23.3 Å². The maximum absolute atomic E-state index is 3.78. The third kappa shape index (κ3) is 12.7. The number of hydrogen-bond acceptors (Lipinski definition) is 1. The van der Waals surface area contributed by atoms with Crippen molar-refractivity contribution in [3.63, 3.8) is 0 Å². The summed E-state index contributed by atoms with van der Waals surface area (Å²) in [5, 5.41) is 1.88. The molecule has 2 aromatic carbocycles. The lowest BCUT2D eigenvalue weighted by atomic mass is 10.1. The van der Waals surface area contributed by atoms with Crippen molar-refractivity contribution >= 4 is 50.5 Å². The van der Waals surface area contributed by atoms with Crippen molar-refractivity contribution in [3.05, 3.63) is 147 Å². The maximum Gasteiger partial charge on any atom is 0.248 e. The zero-order valence-electron chi connectivity index (χ0n) is 22.7. The van der Waals surface area contributed by atoms with Crippen molar-refractivity contribution in [2.75, 3.05) is 0 Å². The smallest absolute Gasteiger partial charge is 0.248 e. The van der Waals surface area contributed by atoms with Gasteiger partial charge >= 0.3 is 0 Å². The molecule has 216 valence electrons. The lowest BCUT2D eigenvalue weighted by molar-refractivity contribution is -0.688. The number of hydrogen-bond donors (Lipinski definition) is 0. The Kier molecular flexibility index (Phi) is 17.8. The van der Waals surface area contributed by atoms with Gasteiger partial charge in [0, 0.05) is 29.3 Å². The van der Waals surface area contributed by atoms with E-state index in [1.807, 2.05) is 52.8 Å². The Labute approximate surface area is 280 Å². The monoisotopic (exact) mass is 806 g/mol. The molecule has 0 amide bonds. The molecule has 3 aromatic heterocycles. The minimum absolute atomic E-state index is 0. The van der Waals surface area contributed by atoms with Crippen LogP contribution in [0.25, 0.3) is 18.6 Å². The number of benzene rings is 2. The highest BCUT2D eigenvalue weighted by molar-refractivity contribution is 9.08. The van der Waals surface area contributed by atoms with E-state index < -0.39 is 0 Å². The third-order valence-electron chi connectivity index (χ3n) is 5.67. The van der Waals surface area contributed by atoms with Gasteiger partial charge in [-0.1, -0.05) is 100 Å². The molecule has 3 heterocycles. The van der Waals surface area contributed by atoms with E-state index in [0.717, 1.165) is 23.7 Å². The molecular formula is C31H34Br4N6. The van der Waals surface area contributed by atoms with E-state index in [1.54, 1.807) is 35.7 Å². The van der Waals surface area contributed by atoms with E-state index in [1.165, 1.54) is 22.3 Å². The summed E-state index contributed by atoms with van der Waals surface area (Å²) >= 11 is 6.78. The summed E-state index contributed by atoms with van der Waals surface area (Å²) in [4.78, 5) is 3.78. The van der Waals surface area contributed by atoms with Crippen LogP contribution in [0, 0.1) is 0 Å². The quantitative estimate of drug-likeness (QED) is 0.159. The summed E-state index contributed by atoms with van der Waals surface area (Å²) in [5.74, 6) is 0. The molecule has 0 spiro atoms. The number of halogens is 4. The Bertz CT molecular complexity index is 1330. The Morgan fingerprint density at radius 1 is 0.610 bits per heavy atom. The summed E-state index contributed by atoms with van der Waals surface area (Å²) in [6.07, 6.45) is 22.6. The van der Waals surface area contributed by atoms with Crippen LogP contribution in [0.1, 0.15) is 22.3 Å². The first kappa shape index (κ1) is 36.2. The van der Waals surface area contributed by atoms with Crippen molar-refractivity contribution in [2.24, 2.45) is 0 Å². The molecule has 0 saturated heterocycles. The number of rotatable bonds is 9. The average Bonchev–Trinajstić information content (AvgIpc) is 3.77. The van der Waals surface area contributed by atoms with Crippen molar-refractivity contribution in [1.82, 2.24) is 18.7 Å². The number of imidazole rings is 3. The summed E-state index contributed by atoms with van der Waals surface area (Å²) in [7, 11) is 0. The molecule has 41 heavy (non-hydrogen) atoms. The Morgan fingerprint density at radius 2 is 1.00 bits per heavy atom. The van der Waals surface area contributed by atoms with Gasteiger partial charge in [0.1, 0.15) is 37.9 Å². The van der Waals surface area contributed by atoms with Crippen molar-refractivity contribution < 1.29 is 43.1 Å². The highest BCUT2D eigenvalue weighted by Gasteiger charge is 2.05. The molecule has 0 saturated carbocycles. The lowest BCUT2D eigenvalue weighted by Gasteiger charge is -2.01. The predicted molar refractivity (Wildman–Crippen MR) is 167 cm³/mol. The van der Waals surface area contributed by atoms with E-state index in [4.69, 9.17) is 0 Å². The number of alkyl halides is 2. The highest BCUT2D eigenvalue weighted by atomic mass is 79.9. The van der Waals surface area contributed by atoms with E-state index >= 15 is 0 Å². The molecule has 6 nitrogen and oxygen atoms in total. The molecule has 5 rings (SSSR count). The standard InChI is InChI=1S/C18H20N4.C8H8Br2.C5H6N2.2BrH/c1-3-19-9-11-21(15-19)13-17-5-7-18(8-6-17)14-22-12-10-20(4-2)16-22;9-5-7-1-2-8(6-10)4-3-7;1-2-7-4-3-6-5-7;;/h3-12,15-16H,1-2,13-14H2;1-4H,5-6H2;2-5H,1H2;2*1H/q+2;;;;/p-2. The van der Waals surface area contributed by atoms with Crippen LogP contribution < -0.4 is 43.1 Å². The first-order valence-corrected chi connectivity index (χ1v) is 14.6. The molecule has 0 aliphatic rings. The van der Waals surface area contributed by atoms with Crippen molar-refractivity contribution in [2.45, 2.75) is 23.7 Å². The molecule has 0 aliphatic carbocycles. The second kappa shape index (κ2) is 20.1. The first-order valence-electron chi connectivity index (χ1n) is 12.3. The van der Waals surface area contributed by atoms with Gasteiger partial charge in [0.15, 0.2) is 0 Å². The van der Waals surface area contributed by atoms with Crippen LogP contribution in [0.3, 0.4) is 0 Å². The highest BCUT2D eigenvalue weighted by Crippen LogP contribution is 2.10. The molecule has 0 fully saturated rings. The van der Waals surface area contributed by atoms with Crippen molar-refractivity contribution in [1.29, 1.82) is 0 Å². The number of aromatic nitrogens is 6. The van der Waals surface area contributed by atoms with E-state index in [0.29, 0.717) is 0 Å². The van der Waals surface area contributed by atoms with Crippen LogP contribution in [-0.4, -0.2) is 18.7 Å². The Balaban J connectivity index is 0.000000367. The van der Waals surface area contributed by atoms with Gasteiger partial charge in [0.05, 0.1) is 18.7 Å². The maximum atomic E-state index is 3.78. The van der Waals surface area contributed by atoms with Crippen LogP contribution in [-0.2, 0) is 23.7 Å². The minimum atomic E-state index is 0. The second-order valence-corrected chi connectivity index (χ2v) is 9.65. The predicted octanol–water partition coefficient (Wildman–Crippen LogP) is 0.630. The summed E-state index contributed by atoms with van der Waals surface area (Å²) in [5.41, 5.74) is 5.21. The van der Waals surface area contributed by atoms with Crippen LogP contribution in [0.2, 0.25) is 0 Å². The summed E-state index contributed by atoms with van der Waals surface area (Å²) < 4.78 is 9.93. The van der Waals surface area contributed by atoms with Gasteiger partial charge in [0.25, 0.3) is 0 Å². The molecule has 0 bridgehead atoms. The van der Waals surface area contributed by atoms with Gasteiger partial charge in [-0.05, 0) is 22.3 Å². The van der Waals surface area contributed by atoms with Crippen LogP contribution >= 0.6 is 31.9 Å². The lowest BCUT2D eigenvalue weighted by Crippen LogP contribution is -3.00. The molecule has 0 radical (unpaired) electrons. The molecule has 5 aromatic rings. The van der Waals surface area contributed by atoms with Crippen LogP contribution in [0.5, 0.6) is 0 Å². The molecule has 0 N–H and O–H groups in total. The molecule has 10 heteroatoms. The Morgan fingerprint density at radius 3 is 1.27 bits per heavy atom.